The lowest BCUT2D eigenvalue weighted by Crippen LogP contribution is -2.33. The molecule has 78 valence electrons. The van der Waals surface area contributed by atoms with Crippen LogP contribution in [-0.4, -0.2) is 36.2 Å². The zero-order valence-electron chi connectivity index (χ0n) is 8.78. The number of hydrogen-bond donors (Lipinski definition) is 0. The molecule has 1 rings (SSSR count). The van der Waals surface area contributed by atoms with Crippen molar-refractivity contribution in [1.82, 2.24) is 4.90 Å². The molecule has 1 saturated heterocycles. The Morgan fingerprint density at radius 2 is 1.92 bits per heavy atom. The molecule has 0 amide bonds. The smallest absolute Gasteiger partial charge is 0.287 e. The average molecular weight is 207 g/mol. The second-order valence-electron chi connectivity index (χ2n) is 3.64. The second kappa shape index (κ2) is 5.32. The lowest BCUT2D eigenvalue weighted by molar-refractivity contribution is 0.345. The van der Waals surface area contributed by atoms with Crippen LogP contribution in [0.15, 0.2) is 4.99 Å². The third kappa shape index (κ3) is 3.43. The van der Waals surface area contributed by atoms with E-state index in [1.54, 1.807) is 0 Å². The monoisotopic (exact) mass is 206 g/mol. The number of amidine groups is 1. The normalized spacial score (nSPS) is 19.5. The molecule has 0 spiro atoms. The summed E-state index contributed by atoms with van der Waals surface area (Å²) in [4.78, 5) is 6.59. The molecular formula is C9H19ClN2O. The highest BCUT2D eigenvalue weighted by molar-refractivity contribution is 5.85. The van der Waals surface area contributed by atoms with Gasteiger partial charge in [0.05, 0.1) is 6.54 Å². The van der Waals surface area contributed by atoms with Gasteiger partial charge in [0.15, 0.2) is 0 Å². The van der Waals surface area contributed by atoms with Crippen molar-refractivity contribution in [3.63, 3.8) is 0 Å². The molecule has 0 atom stereocenters. The predicted octanol–water partition coefficient (Wildman–Crippen LogP) is 1.91. The topological polar surface area (TPSA) is 24.8 Å². The Hall–Kier alpha value is -0.440. The van der Waals surface area contributed by atoms with Crippen molar-refractivity contribution in [1.29, 1.82) is 0 Å². The largest absolute Gasteiger partial charge is 0.463 e. The summed E-state index contributed by atoms with van der Waals surface area (Å²) in [6, 6.07) is 1.63. The van der Waals surface area contributed by atoms with E-state index >= 15 is 0 Å². The molecule has 1 fully saturated rings. The highest BCUT2D eigenvalue weighted by atomic mass is 35.5. The maximum Gasteiger partial charge on any atom is 0.287 e. The number of halogens is 1. The van der Waals surface area contributed by atoms with Crippen molar-refractivity contribution in [3.8, 4) is 0 Å². The standard InChI is InChI=1S/C9H18N2O.ClH/c1-7(2)10-9-11(8(3)4)5-6-12-9;/h7-8H,5-6H2,1-4H3;1H/b10-9+;. The van der Waals surface area contributed by atoms with Crippen molar-refractivity contribution in [2.75, 3.05) is 13.2 Å². The van der Waals surface area contributed by atoms with E-state index in [0.29, 0.717) is 12.1 Å². The fourth-order valence-electron chi connectivity index (χ4n) is 1.23. The average Bonchev–Trinajstić information content (AvgIpc) is 2.33. The molecule has 4 heteroatoms. The third-order valence-electron chi connectivity index (χ3n) is 1.80. The zero-order chi connectivity index (χ0) is 9.14. The first-order chi connectivity index (χ1) is 5.61. The Morgan fingerprint density at radius 1 is 1.31 bits per heavy atom. The van der Waals surface area contributed by atoms with E-state index in [1.807, 2.05) is 0 Å². The molecule has 13 heavy (non-hydrogen) atoms. The van der Waals surface area contributed by atoms with Gasteiger partial charge in [-0.3, -0.25) is 0 Å². The van der Waals surface area contributed by atoms with Gasteiger partial charge in [0.2, 0.25) is 0 Å². The molecule has 0 aromatic carbocycles. The lowest BCUT2D eigenvalue weighted by atomic mass is 10.3. The summed E-state index contributed by atoms with van der Waals surface area (Å²) in [6.45, 7) is 10.2. The van der Waals surface area contributed by atoms with E-state index in [0.717, 1.165) is 19.2 Å². The Bertz CT molecular complexity index is 180. The zero-order valence-corrected chi connectivity index (χ0v) is 9.60. The summed E-state index contributed by atoms with van der Waals surface area (Å²) in [5.74, 6) is 0. The first-order valence-corrected chi connectivity index (χ1v) is 4.58. The van der Waals surface area contributed by atoms with Gasteiger partial charge in [-0.15, -0.1) is 12.4 Å². The van der Waals surface area contributed by atoms with E-state index in [9.17, 15) is 0 Å². The maximum atomic E-state index is 5.41. The van der Waals surface area contributed by atoms with Crippen LogP contribution in [-0.2, 0) is 4.74 Å². The SMILES string of the molecule is CC(C)/N=C1/OCCN1C(C)C.Cl. The van der Waals surface area contributed by atoms with Crippen LogP contribution in [0.5, 0.6) is 0 Å². The Morgan fingerprint density at radius 3 is 2.38 bits per heavy atom. The van der Waals surface area contributed by atoms with Gasteiger partial charge in [0.1, 0.15) is 6.61 Å². The Balaban J connectivity index is 0.00000144. The second-order valence-corrected chi connectivity index (χ2v) is 3.64. The molecule has 1 heterocycles. The van der Waals surface area contributed by atoms with Crippen LogP contribution in [0.2, 0.25) is 0 Å². The molecule has 1 aliphatic heterocycles. The summed E-state index contributed by atoms with van der Waals surface area (Å²) in [6.07, 6.45) is 0. The van der Waals surface area contributed by atoms with Crippen LogP contribution < -0.4 is 0 Å². The number of aliphatic imine (C=N–C) groups is 1. The molecule has 1 aliphatic rings. The number of rotatable bonds is 2. The Kier molecular flexibility index (Phi) is 5.14. The van der Waals surface area contributed by atoms with Gasteiger partial charge in [-0.25, -0.2) is 4.99 Å². The molecule has 0 aromatic heterocycles. The van der Waals surface area contributed by atoms with Crippen LogP contribution in [0, 0.1) is 0 Å². The van der Waals surface area contributed by atoms with Crippen LogP contribution in [0.25, 0.3) is 0 Å². The van der Waals surface area contributed by atoms with Gasteiger partial charge in [-0.05, 0) is 27.7 Å². The summed E-state index contributed by atoms with van der Waals surface area (Å²) in [5, 5.41) is 0. The van der Waals surface area contributed by atoms with Crippen molar-refractivity contribution in [3.05, 3.63) is 0 Å². The van der Waals surface area contributed by atoms with Crippen molar-refractivity contribution in [2.45, 2.75) is 39.8 Å². The van der Waals surface area contributed by atoms with Crippen LogP contribution in [0.3, 0.4) is 0 Å². The van der Waals surface area contributed by atoms with Gasteiger partial charge in [0.25, 0.3) is 6.02 Å². The summed E-state index contributed by atoms with van der Waals surface area (Å²) < 4.78 is 5.41. The fraction of sp³-hybridized carbons (Fsp3) is 0.889. The minimum absolute atomic E-state index is 0. The van der Waals surface area contributed by atoms with E-state index in [-0.39, 0.29) is 12.4 Å². The molecule has 0 bridgehead atoms. The highest BCUT2D eigenvalue weighted by Crippen LogP contribution is 2.09. The van der Waals surface area contributed by atoms with Crippen LogP contribution in [0.1, 0.15) is 27.7 Å². The highest BCUT2D eigenvalue weighted by Gasteiger charge is 2.22. The van der Waals surface area contributed by atoms with Gasteiger partial charge < -0.3 is 9.64 Å². The van der Waals surface area contributed by atoms with E-state index < -0.39 is 0 Å². The maximum absolute atomic E-state index is 5.41. The molecule has 0 N–H and O–H groups in total. The molecule has 0 saturated carbocycles. The summed E-state index contributed by atoms with van der Waals surface area (Å²) >= 11 is 0. The summed E-state index contributed by atoms with van der Waals surface area (Å²) in [5.41, 5.74) is 0. The molecule has 0 unspecified atom stereocenters. The fourth-order valence-corrected chi connectivity index (χ4v) is 1.23. The van der Waals surface area contributed by atoms with Gasteiger partial charge in [-0.1, -0.05) is 0 Å². The first-order valence-electron chi connectivity index (χ1n) is 4.58. The molecular weight excluding hydrogens is 188 g/mol. The van der Waals surface area contributed by atoms with E-state index in [4.69, 9.17) is 4.74 Å². The van der Waals surface area contributed by atoms with Crippen LogP contribution in [0.4, 0.5) is 0 Å². The predicted molar refractivity (Wildman–Crippen MR) is 57.6 cm³/mol. The van der Waals surface area contributed by atoms with E-state index in [1.165, 1.54) is 0 Å². The van der Waals surface area contributed by atoms with Gasteiger partial charge >= 0.3 is 0 Å². The third-order valence-corrected chi connectivity index (χ3v) is 1.80. The lowest BCUT2D eigenvalue weighted by Gasteiger charge is -2.20. The Labute approximate surface area is 86.6 Å². The van der Waals surface area contributed by atoms with Crippen molar-refractivity contribution in [2.24, 2.45) is 4.99 Å². The minimum atomic E-state index is 0. The molecule has 0 radical (unpaired) electrons. The van der Waals surface area contributed by atoms with Gasteiger partial charge in [-0.2, -0.15) is 0 Å². The van der Waals surface area contributed by atoms with E-state index in [2.05, 4.69) is 37.6 Å². The molecule has 3 nitrogen and oxygen atoms in total. The minimum Gasteiger partial charge on any atom is -0.463 e. The van der Waals surface area contributed by atoms with Crippen LogP contribution >= 0.6 is 12.4 Å². The van der Waals surface area contributed by atoms with Crippen molar-refractivity contribution >= 4 is 18.4 Å². The first kappa shape index (κ1) is 12.6. The number of nitrogens with zero attached hydrogens (tertiary/aromatic N) is 2. The number of ether oxygens (including phenoxy) is 1. The molecule has 0 aliphatic carbocycles. The summed E-state index contributed by atoms with van der Waals surface area (Å²) in [7, 11) is 0. The van der Waals surface area contributed by atoms with Crippen molar-refractivity contribution < 1.29 is 4.74 Å². The number of hydrogen-bond acceptors (Lipinski definition) is 2. The van der Waals surface area contributed by atoms with Gasteiger partial charge in [0, 0.05) is 12.1 Å². The quantitative estimate of drug-likeness (QED) is 0.690. The molecule has 0 aromatic rings.